The summed E-state index contributed by atoms with van der Waals surface area (Å²) in [6.45, 7) is 4.05. The number of para-hydroxylation sites is 2. The number of benzene rings is 2. The number of fused-ring (bicyclic) bond motifs is 2. The largest absolute Gasteiger partial charge is 0.371 e. The lowest BCUT2D eigenvalue weighted by Gasteiger charge is -2.31. The van der Waals surface area contributed by atoms with Gasteiger partial charge in [0.15, 0.2) is 0 Å². The molecule has 4 rings (SSSR count). The van der Waals surface area contributed by atoms with Crippen LogP contribution < -0.4 is 10.3 Å². The third-order valence-electron chi connectivity index (χ3n) is 4.99. The van der Waals surface area contributed by atoms with Crippen molar-refractivity contribution >= 4 is 28.3 Å². The number of nitrogens with zero attached hydrogens (tertiary/aromatic N) is 5. The summed E-state index contributed by atoms with van der Waals surface area (Å²) in [6.07, 6.45) is 2.65. The fraction of sp³-hybridized carbons (Fsp3) is 0.333. The number of anilines is 1. The zero-order valence-corrected chi connectivity index (χ0v) is 16.0. The zero-order valence-electron chi connectivity index (χ0n) is 16.0. The molecule has 1 aromatic heterocycles. The number of hydrogen-bond donors (Lipinski definition) is 1. The summed E-state index contributed by atoms with van der Waals surface area (Å²) in [4.78, 5) is 14.5. The maximum atomic E-state index is 12.2. The molecule has 7 nitrogen and oxygen atoms in total. The summed E-state index contributed by atoms with van der Waals surface area (Å²) < 4.78 is 1.78. The molecule has 0 radical (unpaired) electrons. The molecule has 0 saturated heterocycles. The summed E-state index contributed by atoms with van der Waals surface area (Å²) in [6, 6.07) is 16.2. The Morgan fingerprint density at radius 1 is 1.18 bits per heavy atom. The van der Waals surface area contributed by atoms with Crippen molar-refractivity contribution in [1.29, 1.82) is 0 Å². The predicted molar refractivity (Wildman–Crippen MR) is 110 cm³/mol. The molecule has 0 unspecified atom stereocenters. The van der Waals surface area contributed by atoms with E-state index in [0.29, 0.717) is 19.5 Å². The number of amides is 1. The van der Waals surface area contributed by atoms with Crippen LogP contribution in [0.15, 0.2) is 53.6 Å². The fourth-order valence-corrected chi connectivity index (χ4v) is 3.58. The van der Waals surface area contributed by atoms with Crippen LogP contribution in [0.4, 0.5) is 5.69 Å². The van der Waals surface area contributed by atoms with E-state index < -0.39 is 0 Å². The van der Waals surface area contributed by atoms with E-state index in [1.807, 2.05) is 31.2 Å². The highest BCUT2D eigenvalue weighted by Crippen LogP contribution is 2.26. The van der Waals surface area contributed by atoms with Crippen molar-refractivity contribution in [1.82, 2.24) is 20.4 Å². The molecule has 0 saturated carbocycles. The Kier molecular flexibility index (Phi) is 5.32. The quantitative estimate of drug-likeness (QED) is 0.530. The molecule has 7 heteroatoms. The molecule has 1 amide bonds. The lowest BCUT2D eigenvalue weighted by atomic mass is 10.0. The molecule has 2 heterocycles. The van der Waals surface area contributed by atoms with Crippen LogP contribution in [0.5, 0.6) is 0 Å². The van der Waals surface area contributed by atoms with Crippen molar-refractivity contribution in [2.75, 3.05) is 18.0 Å². The van der Waals surface area contributed by atoms with Crippen LogP contribution >= 0.6 is 0 Å². The van der Waals surface area contributed by atoms with E-state index in [-0.39, 0.29) is 5.91 Å². The molecule has 1 aliphatic rings. The molecule has 0 bridgehead atoms. The predicted octanol–water partition coefficient (Wildman–Crippen LogP) is 2.77. The van der Waals surface area contributed by atoms with Gasteiger partial charge in [-0.1, -0.05) is 35.5 Å². The van der Waals surface area contributed by atoms with Crippen LogP contribution in [0.3, 0.4) is 0 Å². The highest BCUT2D eigenvalue weighted by Gasteiger charge is 2.16. The van der Waals surface area contributed by atoms with E-state index in [2.05, 4.69) is 50.0 Å². The van der Waals surface area contributed by atoms with E-state index in [0.717, 1.165) is 36.1 Å². The summed E-state index contributed by atoms with van der Waals surface area (Å²) in [7, 11) is 0. The highest BCUT2D eigenvalue weighted by atomic mass is 16.2. The third-order valence-corrected chi connectivity index (χ3v) is 4.99. The van der Waals surface area contributed by atoms with Crippen molar-refractivity contribution in [3.05, 3.63) is 54.1 Å². The number of nitrogens with one attached hydrogen (secondary N) is 1. The van der Waals surface area contributed by atoms with Gasteiger partial charge in [-0.25, -0.2) is 10.1 Å². The van der Waals surface area contributed by atoms with Gasteiger partial charge in [-0.15, -0.1) is 5.10 Å². The molecular weight excluding hydrogens is 352 g/mol. The summed E-state index contributed by atoms with van der Waals surface area (Å²) in [5.74, 6) is -0.0779. The molecule has 0 fully saturated rings. The van der Waals surface area contributed by atoms with Crippen molar-refractivity contribution in [3.63, 3.8) is 0 Å². The van der Waals surface area contributed by atoms with E-state index >= 15 is 0 Å². The van der Waals surface area contributed by atoms with Gasteiger partial charge < -0.3 is 4.90 Å². The Balaban J connectivity index is 1.30. The average molecular weight is 376 g/mol. The lowest BCUT2D eigenvalue weighted by Crippen LogP contribution is -2.33. The summed E-state index contributed by atoms with van der Waals surface area (Å²) >= 11 is 0. The Morgan fingerprint density at radius 3 is 2.93 bits per heavy atom. The molecule has 3 aromatic rings. The van der Waals surface area contributed by atoms with E-state index in [1.54, 1.807) is 4.68 Å². The van der Waals surface area contributed by atoms with Gasteiger partial charge >= 0.3 is 0 Å². The molecule has 2 aromatic carbocycles. The Morgan fingerprint density at radius 2 is 2.00 bits per heavy atom. The number of hydrazone groups is 1. The maximum absolute atomic E-state index is 12.2. The number of rotatable bonds is 6. The minimum atomic E-state index is -0.0779. The van der Waals surface area contributed by atoms with Gasteiger partial charge in [0.05, 0.1) is 17.8 Å². The monoisotopic (exact) mass is 376 g/mol. The van der Waals surface area contributed by atoms with Crippen LogP contribution in [0.25, 0.3) is 11.0 Å². The summed E-state index contributed by atoms with van der Waals surface area (Å²) in [5.41, 5.74) is 7.85. The van der Waals surface area contributed by atoms with Gasteiger partial charge in [0.2, 0.25) is 5.91 Å². The van der Waals surface area contributed by atoms with Crippen molar-refractivity contribution in [2.24, 2.45) is 5.10 Å². The first-order valence-corrected chi connectivity index (χ1v) is 9.64. The van der Waals surface area contributed by atoms with Gasteiger partial charge in [-0.2, -0.15) is 5.10 Å². The van der Waals surface area contributed by atoms with E-state index in [9.17, 15) is 4.79 Å². The van der Waals surface area contributed by atoms with Crippen molar-refractivity contribution in [3.8, 4) is 0 Å². The second-order valence-corrected chi connectivity index (χ2v) is 7.09. The number of aromatic nitrogens is 3. The van der Waals surface area contributed by atoms with Crippen LogP contribution in [0, 0.1) is 0 Å². The standard InChI is InChI=1S/C21H24N6O/c1-16(15-27-20-11-5-3-9-18(20)23-25-27)22-24-21(28)12-14-26-13-6-8-17-7-2-4-10-19(17)26/h2-5,7,9-11H,6,8,12-15H2,1H3,(H,24,28)/b22-16+. The second kappa shape index (κ2) is 8.21. The Labute approximate surface area is 164 Å². The first kappa shape index (κ1) is 18.2. The molecule has 0 atom stereocenters. The Hall–Kier alpha value is -3.22. The van der Waals surface area contributed by atoms with E-state index in [4.69, 9.17) is 0 Å². The number of aryl methyl sites for hydroxylation is 1. The molecule has 1 aliphatic heterocycles. The van der Waals surface area contributed by atoms with Crippen LogP contribution in [-0.4, -0.2) is 39.7 Å². The van der Waals surface area contributed by atoms with Crippen LogP contribution in [-0.2, 0) is 17.8 Å². The van der Waals surface area contributed by atoms with Gasteiger partial charge in [-0.3, -0.25) is 4.79 Å². The highest BCUT2D eigenvalue weighted by molar-refractivity contribution is 5.85. The maximum Gasteiger partial charge on any atom is 0.241 e. The molecule has 144 valence electrons. The molecule has 1 N–H and O–H groups in total. The first-order valence-electron chi connectivity index (χ1n) is 9.64. The fourth-order valence-electron chi connectivity index (χ4n) is 3.58. The smallest absolute Gasteiger partial charge is 0.241 e. The zero-order chi connectivity index (χ0) is 19.3. The second-order valence-electron chi connectivity index (χ2n) is 7.09. The Bertz CT molecular complexity index is 1010. The van der Waals surface area contributed by atoms with E-state index in [1.165, 1.54) is 11.3 Å². The molecule has 0 aliphatic carbocycles. The normalized spacial score (nSPS) is 14.2. The van der Waals surface area contributed by atoms with Gasteiger partial charge in [-0.05, 0) is 43.5 Å². The minimum absolute atomic E-state index is 0.0779. The molecule has 28 heavy (non-hydrogen) atoms. The van der Waals surface area contributed by atoms with Crippen molar-refractivity contribution < 1.29 is 4.79 Å². The third kappa shape index (κ3) is 4.03. The SMILES string of the molecule is C/C(Cn1nnc2ccccc21)=N\NC(=O)CCN1CCCc2ccccc21. The topological polar surface area (TPSA) is 75.4 Å². The number of hydrogen-bond acceptors (Lipinski definition) is 5. The van der Waals surface area contributed by atoms with Gasteiger partial charge in [0.1, 0.15) is 5.52 Å². The lowest BCUT2D eigenvalue weighted by molar-refractivity contribution is -0.120. The molecular formula is C21H24N6O. The number of carbonyl (C=O) groups excluding carboxylic acids is 1. The van der Waals surface area contributed by atoms with Crippen LogP contribution in [0.1, 0.15) is 25.3 Å². The van der Waals surface area contributed by atoms with Gasteiger partial charge in [0.25, 0.3) is 0 Å². The first-order chi connectivity index (χ1) is 13.7. The molecule has 0 spiro atoms. The van der Waals surface area contributed by atoms with Crippen LogP contribution in [0.2, 0.25) is 0 Å². The minimum Gasteiger partial charge on any atom is -0.371 e. The average Bonchev–Trinajstić information content (AvgIpc) is 3.13. The van der Waals surface area contributed by atoms with Gasteiger partial charge in [0, 0.05) is 25.2 Å². The van der Waals surface area contributed by atoms with Crippen molar-refractivity contribution in [2.45, 2.75) is 32.7 Å². The summed E-state index contributed by atoms with van der Waals surface area (Å²) in [5, 5.41) is 12.5. The number of carbonyl (C=O) groups is 1.